The fourth-order valence-corrected chi connectivity index (χ4v) is 0.196. The Hall–Kier alpha value is 0.0539. The molecular weight excluding hydrogens is 193 g/mol. The van der Waals surface area contributed by atoms with Crippen LogP contribution in [-0.2, 0) is 37.5 Å². The van der Waals surface area contributed by atoms with Crippen molar-refractivity contribution < 1.29 is 42.6 Å². The fraction of sp³-hybridized carbons (Fsp3) is 0.167. The van der Waals surface area contributed by atoms with Gasteiger partial charge in [-0.05, 0) is 0 Å². The Morgan fingerprint density at radius 2 is 2.11 bits per heavy atom. The molecular formula is C6H6O2Y-2. The molecule has 0 rings (SSSR count). The molecule has 1 N–H and O–H groups in total. The van der Waals surface area contributed by atoms with Crippen molar-refractivity contribution in [1.82, 2.24) is 0 Å². The second-order valence-corrected chi connectivity index (χ2v) is 1.07. The predicted molar refractivity (Wildman–Crippen MR) is 28.9 cm³/mol. The quantitative estimate of drug-likeness (QED) is 0.405. The fourth-order valence-electron chi connectivity index (χ4n) is 0.196. The Balaban J connectivity index is 0. The second-order valence-electron chi connectivity index (χ2n) is 1.07. The van der Waals surface area contributed by atoms with Gasteiger partial charge >= 0.3 is 0 Å². The molecule has 0 spiro atoms. The van der Waals surface area contributed by atoms with Gasteiger partial charge in [0.05, 0.1) is 0 Å². The van der Waals surface area contributed by atoms with Crippen molar-refractivity contribution in [2.45, 2.75) is 6.92 Å². The number of hydrogen-bond donors (Lipinski definition) is 1. The van der Waals surface area contributed by atoms with E-state index in [0.29, 0.717) is 0 Å². The Bertz CT molecular complexity index is 127. The number of aliphatic carboxylic acids is 1. The SMILES string of the molecule is C[C-]=CC=[C-]C(=O)O.[Y]. The van der Waals surface area contributed by atoms with E-state index in [1.807, 2.05) is 6.08 Å². The standard InChI is InChI=1S/C6H6O2.Y/c1-2-3-4-5-6(7)8;/h3-4H,1H3,(H,7,8);/q-2;. The monoisotopic (exact) mass is 199 g/mol. The van der Waals surface area contributed by atoms with Gasteiger partial charge in [0.25, 0.3) is 0 Å². The molecule has 0 aromatic rings. The molecule has 0 unspecified atom stereocenters. The topological polar surface area (TPSA) is 37.3 Å². The van der Waals surface area contributed by atoms with Gasteiger partial charge in [0, 0.05) is 32.7 Å². The van der Waals surface area contributed by atoms with Crippen LogP contribution >= 0.6 is 0 Å². The smallest absolute Gasteiger partial charge is 0.217 e. The predicted octanol–water partition coefficient (Wildman–Crippen LogP) is 0.807. The van der Waals surface area contributed by atoms with Gasteiger partial charge in [-0.1, -0.05) is 0 Å². The molecule has 0 fully saturated rings. The summed E-state index contributed by atoms with van der Waals surface area (Å²) < 4.78 is 0. The van der Waals surface area contributed by atoms with Crippen LogP contribution in [0, 0.1) is 12.2 Å². The summed E-state index contributed by atoms with van der Waals surface area (Å²) in [6.07, 6.45) is 7.41. The van der Waals surface area contributed by atoms with E-state index < -0.39 is 5.97 Å². The number of carboxylic acid groups (broad SMARTS) is 1. The van der Waals surface area contributed by atoms with Crippen molar-refractivity contribution >= 4 is 5.97 Å². The Labute approximate surface area is 79.5 Å². The van der Waals surface area contributed by atoms with E-state index >= 15 is 0 Å². The van der Waals surface area contributed by atoms with E-state index in [9.17, 15) is 4.79 Å². The molecule has 0 heterocycles. The van der Waals surface area contributed by atoms with E-state index in [4.69, 9.17) is 5.11 Å². The summed E-state index contributed by atoms with van der Waals surface area (Å²) in [6, 6.07) is 0. The summed E-state index contributed by atoms with van der Waals surface area (Å²) >= 11 is 0. The molecule has 0 aliphatic heterocycles. The molecule has 3 heteroatoms. The summed E-state index contributed by atoms with van der Waals surface area (Å²) in [5, 5.41) is 7.95. The van der Waals surface area contributed by atoms with Gasteiger partial charge in [-0.2, -0.15) is 0 Å². The summed E-state index contributed by atoms with van der Waals surface area (Å²) in [5.74, 6) is -1.06. The number of rotatable bonds is 2. The van der Waals surface area contributed by atoms with Crippen molar-refractivity contribution in [1.29, 1.82) is 0 Å². The first kappa shape index (κ1) is 11.8. The van der Waals surface area contributed by atoms with Crippen LogP contribution in [0.15, 0.2) is 12.2 Å². The normalized spacial score (nSPS) is 9.89. The van der Waals surface area contributed by atoms with Gasteiger partial charge in [-0.15, -0.1) is 6.92 Å². The van der Waals surface area contributed by atoms with E-state index in [-0.39, 0.29) is 32.7 Å². The number of carbonyl (C=O) groups is 1. The Morgan fingerprint density at radius 1 is 1.56 bits per heavy atom. The van der Waals surface area contributed by atoms with Crippen molar-refractivity contribution in [2.75, 3.05) is 0 Å². The second kappa shape index (κ2) is 8.05. The van der Waals surface area contributed by atoms with Crippen LogP contribution in [0.3, 0.4) is 0 Å². The van der Waals surface area contributed by atoms with Crippen molar-refractivity contribution in [3.63, 3.8) is 0 Å². The maximum atomic E-state index is 9.68. The molecule has 47 valence electrons. The van der Waals surface area contributed by atoms with Crippen LogP contribution < -0.4 is 0 Å². The zero-order chi connectivity index (χ0) is 6.41. The molecule has 0 aliphatic rings. The molecule has 0 amide bonds. The molecule has 1 radical (unpaired) electrons. The maximum Gasteiger partial charge on any atom is 0.217 e. The van der Waals surface area contributed by atoms with E-state index in [2.05, 4.69) is 6.08 Å². The molecule has 0 atom stereocenters. The first-order valence-electron chi connectivity index (χ1n) is 2.09. The number of hydrogen-bond acceptors (Lipinski definition) is 1. The molecule has 9 heavy (non-hydrogen) atoms. The first-order chi connectivity index (χ1) is 3.77. The Morgan fingerprint density at radius 3 is 2.44 bits per heavy atom. The maximum absolute atomic E-state index is 9.68. The zero-order valence-electron chi connectivity index (χ0n) is 5.09. The third kappa shape index (κ3) is 11.6. The molecule has 0 bridgehead atoms. The largest absolute Gasteiger partial charge is 0.493 e. The van der Waals surface area contributed by atoms with Crippen LogP contribution in [0.4, 0.5) is 0 Å². The van der Waals surface area contributed by atoms with E-state index in [1.54, 1.807) is 6.92 Å². The average Bonchev–Trinajstić information content (AvgIpc) is 1.66. The molecule has 0 saturated carbocycles. The third-order valence-electron chi connectivity index (χ3n) is 0.457. The van der Waals surface area contributed by atoms with Crippen LogP contribution in [0.1, 0.15) is 6.92 Å². The molecule has 0 aromatic heterocycles. The van der Waals surface area contributed by atoms with Gasteiger partial charge in [0.2, 0.25) is 5.97 Å². The van der Waals surface area contributed by atoms with Gasteiger partial charge < -0.3 is 23.3 Å². The van der Waals surface area contributed by atoms with Crippen molar-refractivity contribution in [3.05, 3.63) is 24.3 Å². The number of allylic oxidation sites excluding steroid dienone is 3. The third-order valence-corrected chi connectivity index (χ3v) is 0.457. The van der Waals surface area contributed by atoms with Crippen LogP contribution in [0.5, 0.6) is 0 Å². The first-order valence-corrected chi connectivity index (χ1v) is 2.09. The van der Waals surface area contributed by atoms with E-state index in [0.717, 1.165) is 0 Å². The summed E-state index contributed by atoms with van der Waals surface area (Å²) in [4.78, 5) is 9.68. The average molecular weight is 199 g/mol. The molecule has 2 nitrogen and oxygen atoms in total. The van der Waals surface area contributed by atoms with Crippen LogP contribution in [-0.4, -0.2) is 11.1 Å². The minimum atomic E-state index is -1.06. The van der Waals surface area contributed by atoms with Crippen molar-refractivity contribution in [2.24, 2.45) is 0 Å². The molecule has 0 aliphatic carbocycles. The van der Waals surface area contributed by atoms with Gasteiger partial charge in [-0.25, -0.2) is 0 Å². The minimum Gasteiger partial charge on any atom is -0.493 e. The van der Waals surface area contributed by atoms with Crippen LogP contribution in [0.25, 0.3) is 0 Å². The summed E-state index contributed by atoms with van der Waals surface area (Å²) in [5.41, 5.74) is 0. The van der Waals surface area contributed by atoms with Crippen LogP contribution in [0.2, 0.25) is 0 Å². The summed E-state index contributed by atoms with van der Waals surface area (Å²) in [7, 11) is 0. The minimum absolute atomic E-state index is 0. The number of carboxylic acids is 1. The van der Waals surface area contributed by atoms with Crippen molar-refractivity contribution in [3.8, 4) is 0 Å². The zero-order valence-corrected chi connectivity index (χ0v) is 7.93. The van der Waals surface area contributed by atoms with Gasteiger partial charge in [0.15, 0.2) is 0 Å². The van der Waals surface area contributed by atoms with Gasteiger partial charge in [0.1, 0.15) is 0 Å². The van der Waals surface area contributed by atoms with Gasteiger partial charge in [-0.3, -0.25) is 10.9 Å². The molecule has 0 saturated heterocycles. The Kier molecular flexibility index (Phi) is 10.6. The summed E-state index contributed by atoms with van der Waals surface area (Å²) in [6.45, 7) is 1.68. The molecule has 0 aromatic carbocycles. The van der Waals surface area contributed by atoms with E-state index in [1.165, 1.54) is 12.2 Å².